The summed E-state index contributed by atoms with van der Waals surface area (Å²) in [6, 6.07) is 6.73. The lowest BCUT2D eigenvalue weighted by molar-refractivity contribution is 0.102. The number of nitrogens with zero attached hydrogens (tertiary/aromatic N) is 2. The summed E-state index contributed by atoms with van der Waals surface area (Å²) in [5.74, 6) is -0.0711. The van der Waals surface area contributed by atoms with Crippen molar-refractivity contribution in [2.45, 2.75) is 39.7 Å². The van der Waals surface area contributed by atoms with E-state index in [9.17, 15) is 4.79 Å². The molecule has 0 aromatic carbocycles. The van der Waals surface area contributed by atoms with E-state index >= 15 is 0 Å². The Kier molecular flexibility index (Phi) is 3.81. The van der Waals surface area contributed by atoms with Crippen LogP contribution in [0.5, 0.6) is 0 Å². The Balaban J connectivity index is 1.54. The molecule has 0 spiro atoms. The fraction of sp³-hybridized carbons (Fsp3) is 0.333. The molecular weight excluding hydrogens is 338 g/mol. The third-order valence-corrected chi connectivity index (χ3v) is 6.14. The van der Waals surface area contributed by atoms with Gasteiger partial charge in [-0.3, -0.25) is 10.1 Å². The maximum atomic E-state index is 12.6. The average Bonchev–Trinajstić information content (AvgIpc) is 2.96. The van der Waals surface area contributed by atoms with Gasteiger partial charge in [-0.1, -0.05) is 0 Å². The van der Waals surface area contributed by atoms with E-state index in [1.54, 1.807) is 11.3 Å². The van der Waals surface area contributed by atoms with Crippen molar-refractivity contribution >= 4 is 33.7 Å². The number of nitrogens with one attached hydrogen (secondary N) is 1. The summed E-state index contributed by atoms with van der Waals surface area (Å²) in [5, 5.41) is 5.60. The van der Waals surface area contributed by atoms with Gasteiger partial charge in [0.05, 0.1) is 16.1 Å². The highest BCUT2D eigenvalue weighted by molar-refractivity contribution is 7.17. The van der Waals surface area contributed by atoms with E-state index in [1.165, 1.54) is 29.1 Å². The zero-order chi connectivity index (χ0) is 16.8. The molecule has 1 fully saturated rings. The van der Waals surface area contributed by atoms with Gasteiger partial charge in [0.2, 0.25) is 0 Å². The van der Waals surface area contributed by atoms with E-state index < -0.39 is 0 Å². The molecule has 1 aliphatic rings. The van der Waals surface area contributed by atoms with E-state index in [1.807, 2.05) is 18.4 Å². The minimum Gasteiger partial charge on any atom is -0.345 e. The van der Waals surface area contributed by atoms with Gasteiger partial charge >= 0.3 is 0 Å². The molecule has 0 radical (unpaired) electrons. The lowest BCUT2D eigenvalue weighted by atomic mass is 10.2. The predicted octanol–water partition coefficient (Wildman–Crippen LogP) is 5.19. The van der Waals surface area contributed by atoms with Gasteiger partial charge in [-0.15, -0.1) is 22.7 Å². The Morgan fingerprint density at radius 3 is 2.75 bits per heavy atom. The first-order valence-corrected chi connectivity index (χ1v) is 9.74. The van der Waals surface area contributed by atoms with Crippen molar-refractivity contribution in [2.24, 2.45) is 0 Å². The molecule has 3 heterocycles. The second-order valence-corrected chi connectivity index (χ2v) is 8.43. The third-order valence-electron chi connectivity index (χ3n) is 4.36. The first-order chi connectivity index (χ1) is 11.5. The van der Waals surface area contributed by atoms with Gasteiger partial charge in [-0.2, -0.15) is 0 Å². The molecule has 0 unspecified atom stereocenters. The molecule has 24 heavy (non-hydrogen) atoms. The second-order valence-electron chi connectivity index (χ2n) is 6.29. The second kappa shape index (κ2) is 5.86. The maximum Gasteiger partial charge on any atom is 0.259 e. The highest BCUT2D eigenvalue weighted by Gasteiger charge is 2.28. The Bertz CT molecular complexity index is 915. The van der Waals surface area contributed by atoms with E-state index in [0.717, 1.165) is 27.5 Å². The molecule has 6 heteroatoms. The molecule has 0 saturated heterocycles. The summed E-state index contributed by atoms with van der Waals surface area (Å²) in [6.07, 6.45) is 2.43. The number of carbonyl (C=O) groups is 1. The first-order valence-electron chi connectivity index (χ1n) is 8.05. The fourth-order valence-corrected chi connectivity index (χ4v) is 4.69. The maximum absolute atomic E-state index is 12.6. The lowest BCUT2D eigenvalue weighted by Gasteiger charge is -2.07. The van der Waals surface area contributed by atoms with Crippen LogP contribution < -0.4 is 5.32 Å². The Morgan fingerprint density at radius 2 is 2.08 bits per heavy atom. The zero-order valence-corrected chi connectivity index (χ0v) is 15.6. The van der Waals surface area contributed by atoms with E-state index in [0.29, 0.717) is 11.2 Å². The summed E-state index contributed by atoms with van der Waals surface area (Å²) in [5.41, 5.74) is 3.90. The van der Waals surface area contributed by atoms with Crippen molar-refractivity contribution in [3.63, 3.8) is 0 Å². The van der Waals surface area contributed by atoms with Gasteiger partial charge < -0.3 is 4.57 Å². The Morgan fingerprint density at radius 1 is 1.29 bits per heavy atom. The Hall–Kier alpha value is -1.92. The van der Waals surface area contributed by atoms with Crippen molar-refractivity contribution < 1.29 is 4.79 Å². The van der Waals surface area contributed by atoms with Crippen LogP contribution in [0.1, 0.15) is 45.5 Å². The minimum absolute atomic E-state index is 0.0711. The quantitative estimate of drug-likeness (QED) is 0.699. The largest absolute Gasteiger partial charge is 0.345 e. The van der Waals surface area contributed by atoms with Crippen LogP contribution in [0.25, 0.3) is 10.6 Å². The standard InChI is InChI=1S/C18H19N3OS2/c1-10-8-14(12(3)21(10)13-5-6-13)17(22)20-18-19-15(9-23-18)16-7-4-11(2)24-16/h4,7-9,13H,5-6H2,1-3H3,(H,19,20,22). The van der Waals surface area contributed by atoms with Gasteiger partial charge in [-0.25, -0.2) is 4.98 Å². The number of anilines is 1. The normalized spacial score (nSPS) is 14.1. The summed E-state index contributed by atoms with van der Waals surface area (Å²) < 4.78 is 2.29. The molecule has 1 aliphatic carbocycles. The molecule has 1 amide bonds. The lowest BCUT2D eigenvalue weighted by Crippen LogP contribution is -2.13. The first kappa shape index (κ1) is 15.6. The number of thiazole rings is 1. The molecule has 4 rings (SSSR count). The van der Waals surface area contributed by atoms with E-state index in [4.69, 9.17) is 0 Å². The van der Waals surface area contributed by atoms with Crippen LogP contribution in [0.4, 0.5) is 5.13 Å². The smallest absolute Gasteiger partial charge is 0.259 e. The third kappa shape index (κ3) is 2.80. The van der Waals surface area contributed by atoms with Gasteiger partial charge in [0.25, 0.3) is 5.91 Å². The SMILES string of the molecule is Cc1ccc(-c2csc(NC(=O)c3cc(C)n(C4CC4)c3C)n2)s1. The van der Waals surface area contributed by atoms with Crippen LogP contribution in [0.3, 0.4) is 0 Å². The molecule has 4 nitrogen and oxygen atoms in total. The highest BCUT2D eigenvalue weighted by atomic mass is 32.1. The van der Waals surface area contributed by atoms with Crippen LogP contribution in [0.15, 0.2) is 23.6 Å². The zero-order valence-electron chi connectivity index (χ0n) is 13.9. The molecule has 3 aromatic heterocycles. The van der Waals surface area contributed by atoms with Crippen LogP contribution in [-0.4, -0.2) is 15.5 Å². The molecular formula is C18H19N3OS2. The van der Waals surface area contributed by atoms with Crippen molar-refractivity contribution in [3.05, 3.63) is 45.4 Å². The molecule has 0 aliphatic heterocycles. The summed E-state index contributed by atoms with van der Waals surface area (Å²) in [4.78, 5) is 19.6. The highest BCUT2D eigenvalue weighted by Crippen LogP contribution is 2.38. The Labute approximate surface area is 149 Å². The summed E-state index contributed by atoms with van der Waals surface area (Å²) in [6.45, 7) is 6.18. The van der Waals surface area contributed by atoms with Gasteiger partial charge in [0.15, 0.2) is 5.13 Å². The fourth-order valence-electron chi connectivity index (χ4n) is 3.08. The van der Waals surface area contributed by atoms with Crippen LogP contribution in [0.2, 0.25) is 0 Å². The van der Waals surface area contributed by atoms with Crippen LogP contribution in [0, 0.1) is 20.8 Å². The molecule has 1 N–H and O–H groups in total. The molecule has 3 aromatic rings. The number of hydrogen-bond acceptors (Lipinski definition) is 4. The number of carbonyl (C=O) groups excluding carboxylic acids is 1. The van der Waals surface area contributed by atoms with Crippen molar-refractivity contribution in [2.75, 3.05) is 5.32 Å². The minimum atomic E-state index is -0.0711. The number of aryl methyl sites for hydroxylation is 2. The van der Waals surface area contributed by atoms with Crippen molar-refractivity contribution in [1.82, 2.24) is 9.55 Å². The number of rotatable bonds is 4. The average molecular weight is 358 g/mol. The predicted molar refractivity (Wildman–Crippen MR) is 100 cm³/mol. The van der Waals surface area contributed by atoms with Crippen LogP contribution >= 0.6 is 22.7 Å². The number of aromatic nitrogens is 2. The van der Waals surface area contributed by atoms with Crippen LogP contribution in [-0.2, 0) is 0 Å². The number of amides is 1. The molecule has 1 saturated carbocycles. The van der Waals surface area contributed by atoms with Gasteiger partial charge in [0, 0.05) is 27.7 Å². The number of hydrogen-bond donors (Lipinski definition) is 1. The molecule has 124 valence electrons. The molecule has 0 bridgehead atoms. The monoisotopic (exact) mass is 357 g/mol. The molecule has 0 atom stereocenters. The topological polar surface area (TPSA) is 46.9 Å². The van der Waals surface area contributed by atoms with Gasteiger partial charge in [0.1, 0.15) is 0 Å². The number of thiophene rings is 1. The van der Waals surface area contributed by atoms with E-state index in [2.05, 4.69) is 40.8 Å². The van der Waals surface area contributed by atoms with Crippen molar-refractivity contribution in [3.8, 4) is 10.6 Å². The van der Waals surface area contributed by atoms with E-state index in [-0.39, 0.29) is 5.91 Å². The summed E-state index contributed by atoms with van der Waals surface area (Å²) in [7, 11) is 0. The van der Waals surface area contributed by atoms with Gasteiger partial charge in [-0.05, 0) is 51.8 Å². The summed E-state index contributed by atoms with van der Waals surface area (Å²) >= 11 is 3.18. The van der Waals surface area contributed by atoms with Crippen molar-refractivity contribution in [1.29, 1.82) is 0 Å².